The quantitative estimate of drug-likeness (QED) is 0.650. The molecule has 0 aromatic carbocycles. The predicted octanol–water partition coefficient (Wildman–Crippen LogP) is 0.640. The first-order valence-corrected chi connectivity index (χ1v) is 4.75. The molecule has 12 heavy (non-hydrogen) atoms. The topological polar surface area (TPSA) is 55.1 Å². The molecule has 0 heterocycles. The minimum absolute atomic E-state index is 0.253. The van der Waals surface area contributed by atoms with Crippen molar-refractivity contribution in [3.05, 3.63) is 0 Å². The van der Waals surface area contributed by atoms with Crippen molar-refractivity contribution in [3.63, 3.8) is 0 Å². The molecule has 1 aliphatic carbocycles. The Kier molecular flexibility index (Phi) is 3.53. The van der Waals surface area contributed by atoms with Crippen LogP contribution in [0.5, 0.6) is 0 Å². The summed E-state index contributed by atoms with van der Waals surface area (Å²) >= 11 is 0. The third kappa shape index (κ3) is 2.48. The van der Waals surface area contributed by atoms with E-state index in [0.717, 1.165) is 5.92 Å². The van der Waals surface area contributed by atoms with Crippen molar-refractivity contribution in [2.24, 2.45) is 11.7 Å². The van der Waals surface area contributed by atoms with E-state index in [4.69, 9.17) is 5.73 Å². The van der Waals surface area contributed by atoms with Gasteiger partial charge in [-0.1, -0.05) is 19.8 Å². The van der Waals surface area contributed by atoms with Gasteiger partial charge in [0, 0.05) is 6.04 Å². The van der Waals surface area contributed by atoms with Crippen LogP contribution in [0.15, 0.2) is 0 Å². The zero-order valence-electron chi connectivity index (χ0n) is 7.68. The van der Waals surface area contributed by atoms with Gasteiger partial charge < -0.3 is 11.1 Å². The largest absolute Gasteiger partial charge is 0.369 e. The molecule has 0 saturated heterocycles. The molecule has 3 N–H and O–H groups in total. The average Bonchev–Trinajstić information content (AvgIpc) is 2.47. The highest BCUT2D eigenvalue weighted by atomic mass is 16.1. The predicted molar refractivity (Wildman–Crippen MR) is 48.6 cm³/mol. The number of carbonyl (C=O) groups is 1. The summed E-state index contributed by atoms with van der Waals surface area (Å²) in [5.74, 6) is 0.501. The molecule has 2 atom stereocenters. The van der Waals surface area contributed by atoms with Gasteiger partial charge in [0.25, 0.3) is 0 Å². The Hall–Kier alpha value is -0.570. The lowest BCUT2D eigenvalue weighted by Gasteiger charge is -2.18. The van der Waals surface area contributed by atoms with Crippen LogP contribution < -0.4 is 11.1 Å². The molecule has 0 radical (unpaired) electrons. The molecule has 0 spiro atoms. The molecule has 70 valence electrons. The third-order valence-corrected chi connectivity index (χ3v) is 2.72. The maximum Gasteiger partial charge on any atom is 0.231 e. The number of nitrogens with one attached hydrogen (secondary N) is 1. The Labute approximate surface area is 73.7 Å². The first kappa shape index (κ1) is 9.52. The standard InChI is InChI=1S/C9H18N2O/c1-2-7-4-3-5-8(7)11-6-9(10)12/h7-8,11H,2-6H2,1H3,(H2,10,12). The van der Waals surface area contributed by atoms with Crippen molar-refractivity contribution in [1.29, 1.82) is 0 Å². The van der Waals surface area contributed by atoms with E-state index in [2.05, 4.69) is 12.2 Å². The molecule has 2 unspecified atom stereocenters. The second-order valence-corrected chi connectivity index (χ2v) is 3.55. The first-order chi connectivity index (χ1) is 5.74. The number of nitrogens with two attached hydrogens (primary N) is 1. The highest BCUT2D eigenvalue weighted by Gasteiger charge is 2.25. The molecule has 3 heteroatoms. The highest BCUT2D eigenvalue weighted by molar-refractivity contribution is 5.75. The molecular formula is C9H18N2O. The minimum Gasteiger partial charge on any atom is -0.369 e. The molecular weight excluding hydrogens is 152 g/mol. The van der Waals surface area contributed by atoms with Crippen LogP contribution in [0.3, 0.4) is 0 Å². The second-order valence-electron chi connectivity index (χ2n) is 3.55. The highest BCUT2D eigenvalue weighted by Crippen LogP contribution is 2.27. The molecule has 0 aromatic rings. The molecule has 1 rings (SSSR count). The van der Waals surface area contributed by atoms with Gasteiger partial charge in [-0.25, -0.2) is 0 Å². The Morgan fingerprint density at radius 2 is 2.33 bits per heavy atom. The molecule has 0 aromatic heterocycles. The van der Waals surface area contributed by atoms with Gasteiger partial charge in [-0.15, -0.1) is 0 Å². The van der Waals surface area contributed by atoms with Gasteiger partial charge >= 0.3 is 0 Å². The zero-order valence-corrected chi connectivity index (χ0v) is 7.68. The Balaban J connectivity index is 2.26. The average molecular weight is 170 g/mol. The fraction of sp³-hybridized carbons (Fsp3) is 0.889. The van der Waals surface area contributed by atoms with E-state index in [-0.39, 0.29) is 5.91 Å². The first-order valence-electron chi connectivity index (χ1n) is 4.75. The van der Waals surface area contributed by atoms with Crippen LogP contribution in [0.25, 0.3) is 0 Å². The van der Waals surface area contributed by atoms with Crippen molar-refractivity contribution in [3.8, 4) is 0 Å². The fourth-order valence-electron chi connectivity index (χ4n) is 2.03. The summed E-state index contributed by atoms with van der Waals surface area (Å²) < 4.78 is 0. The van der Waals surface area contributed by atoms with E-state index >= 15 is 0 Å². The van der Waals surface area contributed by atoms with Crippen LogP contribution in [0.2, 0.25) is 0 Å². The Morgan fingerprint density at radius 1 is 1.58 bits per heavy atom. The van der Waals surface area contributed by atoms with Crippen molar-refractivity contribution >= 4 is 5.91 Å². The summed E-state index contributed by atoms with van der Waals surface area (Å²) in [7, 11) is 0. The van der Waals surface area contributed by atoms with Crippen molar-refractivity contribution in [2.75, 3.05) is 6.54 Å². The van der Waals surface area contributed by atoms with E-state index < -0.39 is 0 Å². The second kappa shape index (κ2) is 4.45. The zero-order chi connectivity index (χ0) is 8.97. The molecule has 0 bridgehead atoms. The lowest BCUT2D eigenvalue weighted by Crippen LogP contribution is -2.38. The molecule has 3 nitrogen and oxygen atoms in total. The number of hydrogen-bond acceptors (Lipinski definition) is 2. The number of amides is 1. The van der Waals surface area contributed by atoms with Gasteiger partial charge in [-0.2, -0.15) is 0 Å². The van der Waals surface area contributed by atoms with E-state index in [0.29, 0.717) is 12.6 Å². The number of rotatable bonds is 4. The van der Waals surface area contributed by atoms with Crippen molar-refractivity contribution in [1.82, 2.24) is 5.32 Å². The van der Waals surface area contributed by atoms with Crippen LogP contribution in [0.4, 0.5) is 0 Å². The van der Waals surface area contributed by atoms with Crippen LogP contribution in [-0.2, 0) is 4.79 Å². The number of carbonyl (C=O) groups excluding carboxylic acids is 1. The third-order valence-electron chi connectivity index (χ3n) is 2.72. The summed E-state index contributed by atoms with van der Waals surface area (Å²) in [6, 6.07) is 0.530. The molecule has 0 aliphatic heterocycles. The van der Waals surface area contributed by atoms with Gasteiger partial charge in [0.1, 0.15) is 0 Å². The van der Waals surface area contributed by atoms with E-state index in [9.17, 15) is 4.79 Å². The van der Waals surface area contributed by atoms with Crippen LogP contribution in [-0.4, -0.2) is 18.5 Å². The fourth-order valence-corrected chi connectivity index (χ4v) is 2.03. The van der Waals surface area contributed by atoms with Gasteiger partial charge in [-0.05, 0) is 18.8 Å². The summed E-state index contributed by atoms with van der Waals surface area (Å²) in [6.07, 6.45) is 4.99. The van der Waals surface area contributed by atoms with Crippen LogP contribution >= 0.6 is 0 Å². The lowest BCUT2D eigenvalue weighted by molar-refractivity contribution is -0.117. The van der Waals surface area contributed by atoms with E-state index in [1.165, 1.54) is 25.7 Å². The summed E-state index contributed by atoms with van der Waals surface area (Å²) in [5, 5.41) is 3.21. The summed E-state index contributed by atoms with van der Waals surface area (Å²) in [4.78, 5) is 10.5. The molecule has 1 amide bonds. The minimum atomic E-state index is -0.253. The van der Waals surface area contributed by atoms with Crippen LogP contribution in [0, 0.1) is 5.92 Å². The normalized spacial score (nSPS) is 29.1. The number of hydrogen-bond donors (Lipinski definition) is 2. The van der Waals surface area contributed by atoms with E-state index in [1.807, 2.05) is 0 Å². The maximum atomic E-state index is 10.5. The summed E-state index contributed by atoms with van der Waals surface area (Å²) in [5.41, 5.74) is 5.06. The Morgan fingerprint density at radius 3 is 2.92 bits per heavy atom. The SMILES string of the molecule is CCC1CCCC1NCC(N)=O. The molecule has 1 aliphatic rings. The number of primary amides is 1. The lowest BCUT2D eigenvalue weighted by atomic mass is 10.0. The Bertz CT molecular complexity index is 159. The maximum absolute atomic E-state index is 10.5. The molecule has 1 saturated carbocycles. The monoisotopic (exact) mass is 170 g/mol. The van der Waals surface area contributed by atoms with E-state index in [1.54, 1.807) is 0 Å². The van der Waals surface area contributed by atoms with Crippen LogP contribution in [0.1, 0.15) is 32.6 Å². The van der Waals surface area contributed by atoms with Crippen molar-refractivity contribution in [2.45, 2.75) is 38.6 Å². The summed E-state index contributed by atoms with van der Waals surface area (Å²) in [6.45, 7) is 2.54. The van der Waals surface area contributed by atoms with Crippen molar-refractivity contribution < 1.29 is 4.79 Å². The molecule has 1 fully saturated rings. The van der Waals surface area contributed by atoms with Gasteiger partial charge in [-0.3, -0.25) is 4.79 Å². The smallest absolute Gasteiger partial charge is 0.231 e. The van der Waals surface area contributed by atoms with Gasteiger partial charge in [0.2, 0.25) is 5.91 Å². The van der Waals surface area contributed by atoms with Gasteiger partial charge in [0.15, 0.2) is 0 Å². The van der Waals surface area contributed by atoms with Gasteiger partial charge in [0.05, 0.1) is 6.54 Å².